The molecule has 0 unspecified atom stereocenters. The molecule has 1 aliphatic heterocycles. The van der Waals surface area contributed by atoms with Gasteiger partial charge in [0.05, 0.1) is 0 Å². The third-order valence-electron chi connectivity index (χ3n) is 4.10. The van der Waals surface area contributed by atoms with Crippen LogP contribution in [0.1, 0.15) is 18.4 Å². The number of nitrogens with zero attached hydrogens (tertiary/aromatic N) is 4. The fourth-order valence-electron chi connectivity index (χ4n) is 3.05. The number of hydrogen-bond donors (Lipinski definition) is 0. The fraction of sp³-hybridized carbons (Fsp3) is 0.500. The van der Waals surface area contributed by atoms with E-state index in [1.54, 1.807) is 0 Å². The molecule has 106 valence electrons. The Morgan fingerprint density at radius 2 is 1.90 bits per heavy atom. The highest BCUT2D eigenvalue weighted by atomic mass is 15.2. The van der Waals surface area contributed by atoms with E-state index in [-0.39, 0.29) is 0 Å². The fourth-order valence-corrected chi connectivity index (χ4v) is 3.05. The topological polar surface area (TPSA) is 34.0 Å². The molecule has 0 spiro atoms. The van der Waals surface area contributed by atoms with E-state index in [0.29, 0.717) is 0 Å². The standard InChI is InChI=1S/C16H22N4/c1-2-5-15(6-3-1)8-10-19-9-4-7-16(11-19)12-20-13-17-18-14-20/h1-3,5-6,13-14,16H,4,7-12H2/t16-/m1/s1. The van der Waals surface area contributed by atoms with Gasteiger partial charge >= 0.3 is 0 Å². The molecule has 0 N–H and O–H groups in total. The predicted octanol–water partition coefficient (Wildman–Crippen LogP) is 2.23. The van der Waals surface area contributed by atoms with Gasteiger partial charge in [0.2, 0.25) is 0 Å². The van der Waals surface area contributed by atoms with Crippen molar-refractivity contribution in [3.05, 3.63) is 48.5 Å². The quantitative estimate of drug-likeness (QED) is 0.835. The van der Waals surface area contributed by atoms with E-state index in [9.17, 15) is 0 Å². The lowest BCUT2D eigenvalue weighted by Crippen LogP contribution is -2.38. The van der Waals surface area contributed by atoms with Crippen molar-refractivity contribution in [3.8, 4) is 0 Å². The molecular weight excluding hydrogens is 248 g/mol. The Labute approximate surface area is 120 Å². The number of piperidine rings is 1. The molecular formula is C16H22N4. The van der Waals surface area contributed by atoms with E-state index in [4.69, 9.17) is 0 Å². The van der Waals surface area contributed by atoms with E-state index in [1.165, 1.54) is 38.0 Å². The summed E-state index contributed by atoms with van der Waals surface area (Å²) in [4.78, 5) is 2.60. The average Bonchev–Trinajstić information content (AvgIpc) is 3.00. The Bertz CT molecular complexity index is 494. The zero-order valence-corrected chi connectivity index (χ0v) is 11.9. The van der Waals surface area contributed by atoms with Gasteiger partial charge in [0.15, 0.2) is 0 Å². The molecule has 1 saturated heterocycles. The smallest absolute Gasteiger partial charge is 0.119 e. The molecule has 3 rings (SSSR count). The summed E-state index contributed by atoms with van der Waals surface area (Å²) in [5.74, 6) is 0.732. The molecule has 1 aliphatic rings. The number of hydrogen-bond acceptors (Lipinski definition) is 3. The van der Waals surface area contributed by atoms with Crippen LogP contribution in [-0.4, -0.2) is 39.3 Å². The second-order valence-electron chi connectivity index (χ2n) is 5.70. The number of likely N-dealkylation sites (tertiary alicyclic amines) is 1. The normalized spacial score (nSPS) is 20.1. The first kappa shape index (κ1) is 13.3. The number of rotatable bonds is 5. The summed E-state index contributed by atoms with van der Waals surface area (Å²) in [6, 6.07) is 10.8. The minimum Gasteiger partial charge on any atom is -0.320 e. The molecule has 4 nitrogen and oxygen atoms in total. The number of benzene rings is 1. The molecule has 2 aromatic rings. The summed E-state index contributed by atoms with van der Waals surface area (Å²) in [6.07, 6.45) is 7.42. The first-order valence-corrected chi connectivity index (χ1v) is 7.49. The molecule has 1 fully saturated rings. The summed E-state index contributed by atoms with van der Waals surface area (Å²) in [5.41, 5.74) is 1.44. The maximum absolute atomic E-state index is 3.88. The van der Waals surface area contributed by atoms with Gasteiger partial charge in [-0.15, -0.1) is 10.2 Å². The molecule has 1 aromatic carbocycles. The average molecular weight is 270 g/mol. The van der Waals surface area contributed by atoms with E-state index < -0.39 is 0 Å². The highest BCUT2D eigenvalue weighted by Gasteiger charge is 2.19. The van der Waals surface area contributed by atoms with Crippen molar-refractivity contribution in [1.29, 1.82) is 0 Å². The second-order valence-corrected chi connectivity index (χ2v) is 5.70. The van der Waals surface area contributed by atoms with E-state index >= 15 is 0 Å². The van der Waals surface area contributed by atoms with Gasteiger partial charge < -0.3 is 9.47 Å². The zero-order chi connectivity index (χ0) is 13.6. The van der Waals surface area contributed by atoms with Crippen LogP contribution in [0.3, 0.4) is 0 Å². The van der Waals surface area contributed by atoms with Gasteiger partial charge in [-0.3, -0.25) is 0 Å². The van der Waals surface area contributed by atoms with Crippen molar-refractivity contribution in [1.82, 2.24) is 19.7 Å². The largest absolute Gasteiger partial charge is 0.320 e. The Balaban J connectivity index is 1.48. The minimum absolute atomic E-state index is 0.732. The van der Waals surface area contributed by atoms with Crippen LogP contribution in [0, 0.1) is 5.92 Å². The molecule has 2 heterocycles. The lowest BCUT2D eigenvalue weighted by atomic mass is 9.97. The van der Waals surface area contributed by atoms with Crippen LogP contribution < -0.4 is 0 Å². The first-order chi connectivity index (χ1) is 9.90. The van der Waals surface area contributed by atoms with E-state index in [2.05, 4.69) is 50.0 Å². The van der Waals surface area contributed by atoms with Crippen molar-refractivity contribution in [2.75, 3.05) is 19.6 Å². The van der Waals surface area contributed by atoms with Crippen LogP contribution in [0.25, 0.3) is 0 Å². The van der Waals surface area contributed by atoms with Crippen LogP contribution >= 0.6 is 0 Å². The molecule has 4 heteroatoms. The van der Waals surface area contributed by atoms with Crippen LogP contribution in [0.2, 0.25) is 0 Å². The van der Waals surface area contributed by atoms with Crippen LogP contribution in [0.5, 0.6) is 0 Å². The van der Waals surface area contributed by atoms with Gasteiger partial charge in [-0.05, 0) is 37.3 Å². The van der Waals surface area contributed by atoms with Gasteiger partial charge in [-0.2, -0.15) is 0 Å². The summed E-state index contributed by atoms with van der Waals surface area (Å²) >= 11 is 0. The van der Waals surface area contributed by atoms with E-state index in [1.807, 2.05) is 12.7 Å². The zero-order valence-electron chi connectivity index (χ0n) is 11.9. The SMILES string of the molecule is c1ccc(CCN2CCC[C@@H](Cn3cnnc3)C2)cc1. The molecule has 0 radical (unpaired) electrons. The second kappa shape index (κ2) is 6.66. The summed E-state index contributed by atoms with van der Waals surface area (Å²) in [7, 11) is 0. The van der Waals surface area contributed by atoms with Gasteiger partial charge in [-0.1, -0.05) is 30.3 Å². The maximum atomic E-state index is 3.88. The lowest BCUT2D eigenvalue weighted by Gasteiger charge is -2.32. The summed E-state index contributed by atoms with van der Waals surface area (Å²) < 4.78 is 2.10. The van der Waals surface area contributed by atoms with Gasteiger partial charge in [0.1, 0.15) is 12.7 Å². The van der Waals surface area contributed by atoms with Crippen molar-refractivity contribution in [2.24, 2.45) is 5.92 Å². The van der Waals surface area contributed by atoms with Crippen LogP contribution in [0.4, 0.5) is 0 Å². The molecule has 0 amide bonds. The molecule has 1 aromatic heterocycles. The lowest BCUT2D eigenvalue weighted by molar-refractivity contribution is 0.164. The highest BCUT2D eigenvalue weighted by Crippen LogP contribution is 2.18. The molecule has 0 aliphatic carbocycles. The van der Waals surface area contributed by atoms with Crippen molar-refractivity contribution >= 4 is 0 Å². The Hall–Kier alpha value is -1.68. The van der Waals surface area contributed by atoms with Crippen LogP contribution in [-0.2, 0) is 13.0 Å². The van der Waals surface area contributed by atoms with Crippen molar-refractivity contribution in [3.63, 3.8) is 0 Å². The van der Waals surface area contributed by atoms with Gasteiger partial charge in [-0.25, -0.2) is 0 Å². The van der Waals surface area contributed by atoms with Gasteiger partial charge in [0, 0.05) is 19.6 Å². The number of aromatic nitrogens is 3. The first-order valence-electron chi connectivity index (χ1n) is 7.49. The Morgan fingerprint density at radius 1 is 1.10 bits per heavy atom. The predicted molar refractivity (Wildman–Crippen MR) is 79.3 cm³/mol. The van der Waals surface area contributed by atoms with Crippen molar-refractivity contribution < 1.29 is 0 Å². The molecule has 20 heavy (non-hydrogen) atoms. The molecule has 0 bridgehead atoms. The minimum atomic E-state index is 0.732. The molecule has 1 atom stereocenters. The Morgan fingerprint density at radius 3 is 2.70 bits per heavy atom. The van der Waals surface area contributed by atoms with Crippen LogP contribution in [0.15, 0.2) is 43.0 Å². The third-order valence-corrected chi connectivity index (χ3v) is 4.10. The summed E-state index contributed by atoms with van der Waals surface area (Å²) in [5, 5.41) is 7.76. The van der Waals surface area contributed by atoms with Gasteiger partial charge in [0.25, 0.3) is 0 Å². The van der Waals surface area contributed by atoms with Crippen molar-refractivity contribution in [2.45, 2.75) is 25.8 Å². The maximum Gasteiger partial charge on any atom is 0.119 e. The monoisotopic (exact) mass is 270 g/mol. The Kier molecular flexibility index (Phi) is 4.43. The summed E-state index contributed by atoms with van der Waals surface area (Å²) in [6.45, 7) is 4.66. The van der Waals surface area contributed by atoms with E-state index in [0.717, 1.165) is 18.9 Å². The highest BCUT2D eigenvalue weighted by molar-refractivity contribution is 5.14. The molecule has 0 saturated carbocycles. The third kappa shape index (κ3) is 3.67.